The first kappa shape index (κ1) is 15.5. The van der Waals surface area contributed by atoms with Crippen molar-refractivity contribution in [3.63, 3.8) is 0 Å². The van der Waals surface area contributed by atoms with E-state index < -0.39 is 0 Å². The molecule has 0 aliphatic carbocycles. The standard InChI is InChI=1S/C14H18N2O2S/c1-8(2)18-14(17)11(5)19-13-12(7-15)9(3)6-10(4)16-13/h6,8,11H,1-5H3. The third kappa shape index (κ3) is 4.25. The number of rotatable bonds is 4. The number of esters is 1. The first-order valence-electron chi connectivity index (χ1n) is 6.10. The molecule has 0 saturated heterocycles. The second-order valence-corrected chi connectivity index (χ2v) is 5.95. The molecule has 19 heavy (non-hydrogen) atoms. The van der Waals surface area contributed by atoms with Crippen LogP contribution in [-0.2, 0) is 9.53 Å². The van der Waals surface area contributed by atoms with Crippen molar-refractivity contribution >= 4 is 17.7 Å². The van der Waals surface area contributed by atoms with Crippen LogP contribution in [0.4, 0.5) is 0 Å². The van der Waals surface area contributed by atoms with Crippen molar-refractivity contribution in [1.29, 1.82) is 5.26 Å². The van der Waals surface area contributed by atoms with Crippen molar-refractivity contribution in [2.45, 2.75) is 51.0 Å². The van der Waals surface area contributed by atoms with Crippen molar-refractivity contribution in [2.75, 3.05) is 0 Å². The van der Waals surface area contributed by atoms with Crippen LogP contribution in [0.3, 0.4) is 0 Å². The van der Waals surface area contributed by atoms with E-state index in [4.69, 9.17) is 10.00 Å². The number of nitrogens with zero attached hydrogens (tertiary/aromatic N) is 2. The lowest BCUT2D eigenvalue weighted by Crippen LogP contribution is -2.21. The summed E-state index contributed by atoms with van der Waals surface area (Å²) in [5.74, 6) is -0.287. The fourth-order valence-electron chi connectivity index (χ4n) is 1.57. The lowest BCUT2D eigenvalue weighted by Gasteiger charge is -2.14. The topological polar surface area (TPSA) is 63.0 Å². The maximum atomic E-state index is 11.8. The highest BCUT2D eigenvalue weighted by Crippen LogP contribution is 2.27. The van der Waals surface area contributed by atoms with Gasteiger partial charge < -0.3 is 4.74 Å². The van der Waals surface area contributed by atoms with Gasteiger partial charge in [0.2, 0.25) is 0 Å². The quantitative estimate of drug-likeness (QED) is 0.626. The van der Waals surface area contributed by atoms with Gasteiger partial charge in [0.25, 0.3) is 0 Å². The van der Waals surface area contributed by atoms with E-state index in [0.29, 0.717) is 10.6 Å². The van der Waals surface area contributed by atoms with Crippen molar-refractivity contribution in [1.82, 2.24) is 4.98 Å². The summed E-state index contributed by atoms with van der Waals surface area (Å²) in [5, 5.41) is 9.37. The molecule has 4 nitrogen and oxygen atoms in total. The first-order valence-corrected chi connectivity index (χ1v) is 6.98. The molecule has 1 rings (SSSR count). The van der Waals surface area contributed by atoms with Gasteiger partial charge in [-0.05, 0) is 46.2 Å². The van der Waals surface area contributed by atoms with E-state index in [2.05, 4.69) is 11.1 Å². The molecule has 1 aromatic heterocycles. The summed E-state index contributed by atoms with van der Waals surface area (Å²) >= 11 is 1.27. The zero-order valence-electron chi connectivity index (χ0n) is 11.9. The Balaban J connectivity index is 2.94. The largest absolute Gasteiger partial charge is 0.462 e. The number of hydrogen-bond acceptors (Lipinski definition) is 5. The number of ether oxygens (including phenoxy) is 1. The van der Waals surface area contributed by atoms with E-state index in [1.54, 1.807) is 6.92 Å². The molecule has 0 saturated carbocycles. The Morgan fingerprint density at radius 1 is 1.42 bits per heavy atom. The van der Waals surface area contributed by atoms with Gasteiger partial charge in [-0.3, -0.25) is 4.79 Å². The molecule has 1 heterocycles. The molecule has 1 unspecified atom stereocenters. The smallest absolute Gasteiger partial charge is 0.319 e. The van der Waals surface area contributed by atoms with Crippen LogP contribution in [0.2, 0.25) is 0 Å². The molecule has 0 aromatic carbocycles. The first-order chi connectivity index (χ1) is 8.85. The predicted octanol–water partition coefficient (Wildman–Crippen LogP) is 3.00. The maximum Gasteiger partial charge on any atom is 0.319 e. The second-order valence-electron chi connectivity index (χ2n) is 4.62. The molecular formula is C14H18N2O2S. The van der Waals surface area contributed by atoms with Crippen LogP contribution in [0.1, 0.15) is 37.6 Å². The van der Waals surface area contributed by atoms with Crippen molar-refractivity contribution < 1.29 is 9.53 Å². The summed E-state index contributed by atoms with van der Waals surface area (Å²) in [6.45, 7) is 9.12. The number of hydrogen-bond donors (Lipinski definition) is 0. The average Bonchev–Trinajstić information content (AvgIpc) is 2.27. The summed E-state index contributed by atoms with van der Waals surface area (Å²) in [6, 6.07) is 4.00. The molecule has 0 bridgehead atoms. The average molecular weight is 278 g/mol. The summed E-state index contributed by atoms with van der Waals surface area (Å²) in [6.07, 6.45) is -0.141. The number of nitriles is 1. The molecule has 5 heteroatoms. The van der Waals surface area contributed by atoms with Gasteiger partial charge in [0, 0.05) is 5.69 Å². The van der Waals surface area contributed by atoms with E-state index in [1.165, 1.54) is 11.8 Å². The number of carbonyl (C=O) groups excluding carboxylic acids is 1. The molecule has 0 fully saturated rings. The van der Waals surface area contributed by atoms with Crippen LogP contribution in [0.15, 0.2) is 11.1 Å². The van der Waals surface area contributed by atoms with E-state index in [-0.39, 0.29) is 17.3 Å². The molecular weight excluding hydrogens is 260 g/mol. The predicted molar refractivity (Wildman–Crippen MR) is 75.0 cm³/mol. The van der Waals surface area contributed by atoms with E-state index in [1.807, 2.05) is 33.8 Å². The van der Waals surface area contributed by atoms with Gasteiger partial charge in [-0.1, -0.05) is 11.8 Å². The fraction of sp³-hybridized carbons (Fsp3) is 0.500. The van der Waals surface area contributed by atoms with Crippen LogP contribution in [0.5, 0.6) is 0 Å². The molecule has 1 atom stereocenters. The van der Waals surface area contributed by atoms with Gasteiger partial charge >= 0.3 is 5.97 Å². The Bertz CT molecular complexity index is 521. The number of carbonyl (C=O) groups is 1. The Morgan fingerprint density at radius 2 is 2.05 bits per heavy atom. The number of aryl methyl sites for hydroxylation is 2. The van der Waals surface area contributed by atoms with Gasteiger partial charge in [-0.2, -0.15) is 5.26 Å². The highest BCUT2D eigenvalue weighted by atomic mass is 32.2. The number of pyridine rings is 1. The van der Waals surface area contributed by atoms with Crippen LogP contribution < -0.4 is 0 Å². The van der Waals surface area contributed by atoms with E-state index >= 15 is 0 Å². The lowest BCUT2D eigenvalue weighted by atomic mass is 10.1. The van der Waals surface area contributed by atoms with Gasteiger partial charge in [-0.15, -0.1) is 0 Å². The maximum absolute atomic E-state index is 11.8. The summed E-state index contributed by atoms with van der Waals surface area (Å²) in [4.78, 5) is 16.1. The van der Waals surface area contributed by atoms with Crippen molar-refractivity contribution in [2.24, 2.45) is 0 Å². The molecule has 0 aliphatic rings. The highest BCUT2D eigenvalue weighted by Gasteiger charge is 2.20. The zero-order chi connectivity index (χ0) is 14.6. The number of thioether (sulfide) groups is 1. The molecule has 0 N–H and O–H groups in total. The molecule has 1 aromatic rings. The monoisotopic (exact) mass is 278 g/mol. The fourth-order valence-corrected chi connectivity index (χ4v) is 2.58. The molecule has 0 spiro atoms. The molecule has 0 amide bonds. The summed E-state index contributed by atoms with van der Waals surface area (Å²) in [7, 11) is 0. The Morgan fingerprint density at radius 3 is 2.58 bits per heavy atom. The van der Waals surface area contributed by atoms with Crippen LogP contribution >= 0.6 is 11.8 Å². The van der Waals surface area contributed by atoms with Gasteiger partial charge in [0.1, 0.15) is 16.3 Å². The minimum absolute atomic E-state index is 0.141. The minimum Gasteiger partial charge on any atom is -0.462 e. The normalized spacial score (nSPS) is 12.1. The molecule has 102 valence electrons. The Labute approximate surface area is 118 Å². The van der Waals surface area contributed by atoms with Crippen LogP contribution in [0.25, 0.3) is 0 Å². The zero-order valence-corrected chi connectivity index (χ0v) is 12.7. The molecule has 0 radical (unpaired) electrons. The van der Waals surface area contributed by atoms with Crippen LogP contribution in [-0.4, -0.2) is 22.3 Å². The van der Waals surface area contributed by atoms with Crippen molar-refractivity contribution in [3.8, 4) is 6.07 Å². The molecule has 0 aliphatic heterocycles. The van der Waals surface area contributed by atoms with Gasteiger partial charge in [-0.25, -0.2) is 4.98 Å². The van der Waals surface area contributed by atoms with Crippen LogP contribution in [0, 0.1) is 25.2 Å². The minimum atomic E-state index is -0.386. The van der Waals surface area contributed by atoms with Gasteiger partial charge in [0.15, 0.2) is 0 Å². The number of aromatic nitrogens is 1. The third-order valence-corrected chi connectivity index (χ3v) is 3.46. The van der Waals surface area contributed by atoms with E-state index in [9.17, 15) is 4.79 Å². The van der Waals surface area contributed by atoms with E-state index in [0.717, 1.165) is 11.3 Å². The van der Waals surface area contributed by atoms with Crippen molar-refractivity contribution in [3.05, 3.63) is 22.9 Å². The van der Waals surface area contributed by atoms with Gasteiger partial charge in [0.05, 0.1) is 11.7 Å². The highest BCUT2D eigenvalue weighted by molar-refractivity contribution is 8.00. The SMILES string of the molecule is Cc1cc(C)c(C#N)c(SC(C)C(=O)OC(C)C)n1. The second kappa shape index (κ2) is 6.58. The summed E-state index contributed by atoms with van der Waals surface area (Å²) < 4.78 is 5.15. The third-order valence-electron chi connectivity index (χ3n) is 2.40. The summed E-state index contributed by atoms with van der Waals surface area (Å²) in [5.41, 5.74) is 2.24. The lowest BCUT2D eigenvalue weighted by molar-refractivity contribution is -0.146. The Kier molecular flexibility index (Phi) is 5.37. The Hall–Kier alpha value is -1.54.